The van der Waals surface area contributed by atoms with Crippen molar-refractivity contribution in [1.29, 1.82) is 0 Å². The standard InChI is InChI=1S/C18H24N2O4S2/c1-13(17(22)19-20-18(23)14-7-3-2-4-8-14)24-16(21)10-6-5-9-15-11-12-25-26-15/h2-4,7-8,13,15H,5-6,9-12H2,1H3,(H,19,22)(H,20,23)/t13-,15+/m0/s1. The molecule has 2 amide bonds. The van der Waals surface area contributed by atoms with Crippen LogP contribution in [0.15, 0.2) is 30.3 Å². The summed E-state index contributed by atoms with van der Waals surface area (Å²) >= 11 is 0. The van der Waals surface area contributed by atoms with Gasteiger partial charge >= 0.3 is 5.97 Å². The van der Waals surface area contributed by atoms with Gasteiger partial charge in [-0.1, -0.05) is 46.2 Å². The van der Waals surface area contributed by atoms with E-state index in [2.05, 4.69) is 10.9 Å². The fourth-order valence-corrected chi connectivity index (χ4v) is 5.42. The molecule has 0 unspecified atom stereocenters. The third kappa shape index (κ3) is 7.29. The van der Waals surface area contributed by atoms with Gasteiger partial charge in [-0.05, 0) is 38.3 Å². The van der Waals surface area contributed by atoms with E-state index in [1.54, 1.807) is 30.3 Å². The number of amides is 2. The Bertz CT molecular complexity index is 606. The first kappa shape index (κ1) is 20.6. The number of rotatable bonds is 8. The first-order chi connectivity index (χ1) is 12.6. The van der Waals surface area contributed by atoms with E-state index in [0.717, 1.165) is 19.3 Å². The molecule has 26 heavy (non-hydrogen) atoms. The van der Waals surface area contributed by atoms with Gasteiger partial charge in [-0.3, -0.25) is 25.2 Å². The molecule has 8 heteroatoms. The van der Waals surface area contributed by atoms with Crippen LogP contribution in [0.1, 0.15) is 49.4 Å². The van der Waals surface area contributed by atoms with Crippen LogP contribution >= 0.6 is 21.6 Å². The second-order valence-electron chi connectivity index (χ2n) is 6.02. The lowest BCUT2D eigenvalue weighted by Gasteiger charge is -2.14. The SMILES string of the molecule is C[C@H](OC(=O)CCCC[C@@H]1CCSS1)C(=O)NNC(=O)c1ccccc1. The van der Waals surface area contributed by atoms with E-state index in [-0.39, 0.29) is 0 Å². The number of benzene rings is 1. The summed E-state index contributed by atoms with van der Waals surface area (Å²) in [6.45, 7) is 1.48. The molecular formula is C18H24N2O4S2. The zero-order valence-corrected chi connectivity index (χ0v) is 16.4. The molecule has 0 aromatic heterocycles. The van der Waals surface area contributed by atoms with Crippen molar-refractivity contribution in [3.63, 3.8) is 0 Å². The second-order valence-corrected chi connectivity index (χ2v) is 8.80. The average Bonchev–Trinajstić information content (AvgIpc) is 3.17. The summed E-state index contributed by atoms with van der Waals surface area (Å²) in [7, 11) is 3.85. The lowest BCUT2D eigenvalue weighted by atomic mass is 10.1. The highest BCUT2D eigenvalue weighted by Gasteiger charge is 2.19. The van der Waals surface area contributed by atoms with Crippen molar-refractivity contribution >= 4 is 39.4 Å². The quantitative estimate of drug-likeness (QED) is 0.304. The van der Waals surface area contributed by atoms with Crippen LogP contribution in [0, 0.1) is 0 Å². The third-order valence-corrected chi connectivity index (χ3v) is 6.90. The van der Waals surface area contributed by atoms with Crippen LogP contribution in [0.3, 0.4) is 0 Å². The molecule has 1 fully saturated rings. The van der Waals surface area contributed by atoms with Crippen LogP contribution in [-0.4, -0.2) is 34.9 Å². The van der Waals surface area contributed by atoms with Crippen molar-refractivity contribution in [2.24, 2.45) is 0 Å². The first-order valence-electron chi connectivity index (χ1n) is 8.69. The van der Waals surface area contributed by atoms with E-state index >= 15 is 0 Å². The van der Waals surface area contributed by atoms with Gasteiger partial charge in [0.25, 0.3) is 11.8 Å². The monoisotopic (exact) mass is 396 g/mol. The number of carbonyl (C=O) groups excluding carboxylic acids is 3. The molecule has 1 saturated heterocycles. The van der Waals surface area contributed by atoms with Crippen molar-refractivity contribution in [3.05, 3.63) is 35.9 Å². The van der Waals surface area contributed by atoms with Crippen molar-refractivity contribution in [1.82, 2.24) is 10.9 Å². The highest BCUT2D eigenvalue weighted by molar-refractivity contribution is 8.77. The molecule has 1 heterocycles. The zero-order chi connectivity index (χ0) is 18.8. The smallest absolute Gasteiger partial charge is 0.306 e. The van der Waals surface area contributed by atoms with Gasteiger partial charge in [0.05, 0.1) is 0 Å². The highest BCUT2D eigenvalue weighted by Crippen LogP contribution is 2.39. The molecule has 0 saturated carbocycles. The lowest BCUT2D eigenvalue weighted by Crippen LogP contribution is -2.46. The number of unbranched alkanes of at least 4 members (excludes halogenated alkanes) is 1. The van der Waals surface area contributed by atoms with Gasteiger partial charge in [-0.2, -0.15) is 0 Å². The predicted octanol–water partition coefficient (Wildman–Crippen LogP) is 3.09. The second kappa shape index (κ2) is 11.1. The lowest BCUT2D eigenvalue weighted by molar-refractivity contribution is -0.155. The molecule has 1 aromatic carbocycles. The third-order valence-electron chi connectivity index (χ3n) is 3.90. The van der Waals surface area contributed by atoms with E-state index in [0.29, 0.717) is 17.2 Å². The number of nitrogens with one attached hydrogen (secondary N) is 2. The molecule has 6 nitrogen and oxygen atoms in total. The minimum Gasteiger partial charge on any atom is -0.452 e. The van der Waals surface area contributed by atoms with Crippen molar-refractivity contribution in [2.45, 2.75) is 50.4 Å². The fourth-order valence-electron chi connectivity index (χ4n) is 2.40. The summed E-state index contributed by atoms with van der Waals surface area (Å²) < 4.78 is 5.11. The van der Waals surface area contributed by atoms with Crippen LogP contribution in [-0.2, 0) is 14.3 Å². The van der Waals surface area contributed by atoms with Crippen LogP contribution in [0.4, 0.5) is 0 Å². The Balaban J connectivity index is 1.59. The number of carbonyl (C=O) groups is 3. The summed E-state index contributed by atoms with van der Waals surface area (Å²) in [6.07, 6.45) is 3.46. The fraction of sp³-hybridized carbons (Fsp3) is 0.500. The topological polar surface area (TPSA) is 84.5 Å². The number of ether oxygens (including phenoxy) is 1. The predicted molar refractivity (Wildman–Crippen MR) is 105 cm³/mol. The minimum absolute atomic E-state index is 0.304. The molecule has 2 rings (SSSR count). The molecule has 1 aliphatic rings. The van der Waals surface area contributed by atoms with Gasteiger partial charge in [0.15, 0.2) is 6.10 Å². The molecule has 1 aromatic rings. The van der Waals surface area contributed by atoms with E-state index in [4.69, 9.17) is 4.74 Å². The molecule has 2 atom stereocenters. The molecule has 0 bridgehead atoms. The highest BCUT2D eigenvalue weighted by atomic mass is 33.1. The van der Waals surface area contributed by atoms with Gasteiger partial charge in [0, 0.05) is 23.0 Å². The normalized spacial score (nSPS) is 17.3. The summed E-state index contributed by atoms with van der Waals surface area (Å²) in [4.78, 5) is 35.6. The largest absolute Gasteiger partial charge is 0.452 e. The molecule has 1 aliphatic heterocycles. The van der Waals surface area contributed by atoms with E-state index in [1.165, 1.54) is 19.1 Å². The van der Waals surface area contributed by atoms with Gasteiger partial charge < -0.3 is 4.74 Å². The van der Waals surface area contributed by atoms with E-state index < -0.39 is 23.9 Å². The summed E-state index contributed by atoms with van der Waals surface area (Å²) in [5, 5.41) is 0.703. The summed E-state index contributed by atoms with van der Waals surface area (Å²) in [6, 6.07) is 8.51. The first-order valence-corrected chi connectivity index (χ1v) is 11.1. The molecule has 2 N–H and O–H groups in total. The van der Waals surface area contributed by atoms with Gasteiger partial charge in [-0.15, -0.1) is 0 Å². The Morgan fingerprint density at radius 3 is 2.65 bits per heavy atom. The minimum atomic E-state index is -0.958. The number of hydrazine groups is 1. The summed E-state index contributed by atoms with van der Waals surface area (Å²) in [5.74, 6) is -0.178. The molecule has 0 spiro atoms. The Hall–Kier alpha value is -1.67. The molecule has 0 radical (unpaired) electrons. The maximum atomic E-state index is 11.9. The van der Waals surface area contributed by atoms with Crippen molar-refractivity contribution in [3.8, 4) is 0 Å². The number of hydrogen-bond donors (Lipinski definition) is 2. The molecular weight excluding hydrogens is 372 g/mol. The Labute approximate surface area is 161 Å². The van der Waals surface area contributed by atoms with Gasteiger partial charge in [0.2, 0.25) is 0 Å². The Morgan fingerprint density at radius 1 is 1.19 bits per heavy atom. The maximum Gasteiger partial charge on any atom is 0.306 e. The van der Waals surface area contributed by atoms with Crippen LogP contribution in [0.5, 0.6) is 0 Å². The Kier molecular flexibility index (Phi) is 8.84. The van der Waals surface area contributed by atoms with Crippen LogP contribution in [0.25, 0.3) is 0 Å². The zero-order valence-electron chi connectivity index (χ0n) is 14.7. The van der Waals surface area contributed by atoms with Crippen molar-refractivity contribution in [2.75, 3.05) is 5.75 Å². The molecule has 0 aliphatic carbocycles. The Morgan fingerprint density at radius 2 is 1.96 bits per heavy atom. The molecule has 142 valence electrons. The number of esters is 1. The summed E-state index contributed by atoms with van der Waals surface area (Å²) in [5.41, 5.74) is 5.00. The van der Waals surface area contributed by atoms with Crippen LogP contribution < -0.4 is 10.9 Å². The average molecular weight is 397 g/mol. The van der Waals surface area contributed by atoms with Crippen LogP contribution in [0.2, 0.25) is 0 Å². The van der Waals surface area contributed by atoms with Gasteiger partial charge in [0.1, 0.15) is 0 Å². The van der Waals surface area contributed by atoms with E-state index in [1.807, 2.05) is 21.6 Å². The van der Waals surface area contributed by atoms with Gasteiger partial charge in [-0.25, -0.2) is 0 Å². The van der Waals surface area contributed by atoms with Crippen molar-refractivity contribution < 1.29 is 19.1 Å². The number of hydrogen-bond acceptors (Lipinski definition) is 6. The van der Waals surface area contributed by atoms with E-state index in [9.17, 15) is 14.4 Å². The maximum absolute atomic E-state index is 11.9.